The van der Waals surface area contributed by atoms with E-state index in [0.717, 1.165) is 0 Å². The molecule has 0 aromatic heterocycles. The standard InChI is InChI=1S/C12H25NO4/c1-5-17-9-10(14)8-13(12(2,3)4)7-6-11(15)16/h10,14H,5-9H2,1-4H3,(H,15,16). The topological polar surface area (TPSA) is 70.0 Å². The van der Waals surface area contributed by atoms with Crippen molar-refractivity contribution in [1.29, 1.82) is 0 Å². The molecular formula is C12H25NO4. The first-order valence-electron chi connectivity index (χ1n) is 6.00. The lowest BCUT2D eigenvalue weighted by molar-refractivity contribution is -0.137. The number of aliphatic hydroxyl groups is 1. The molecule has 102 valence electrons. The van der Waals surface area contributed by atoms with E-state index in [2.05, 4.69) is 0 Å². The van der Waals surface area contributed by atoms with Crippen molar-refractivity contribution in [3.63, 3.8) is 0 Å². The average molecular weight is 247 g/mol. The molecule has 0 aromatic rings. The maximum absolute atomic E-state index is 10.6. The van der Waals surface area contributed by atoms with E-state index in [9.17, 15) is 9.90 Å². The van der Waals surface area contributed by atoms with Crippen LogP contribution in [0, 0.1) is 0 Å². The van der Waals surface area contributed by atoms with Gasteiger partial charge in [-0.1, -0.05) is 0 Å². The van der Waals surface area contributed by atoms with Gasteiger partial charge < -0.3 is 14.9 Å². The van der Waals surface area contributed by atoms with Gasteiger partial charge in [0.15, 0.2) is 0 Å². The Morgan fingerprint density at radius 3 is 2.41 bits per heavy atom. The van der Waals surface area contributed by atoms with Gasteiger partial charge in [0, 0.05) is 25.2 Å². The minimum Gasteiger partial charge on any atom is -0.481 e. The summed E-state index contributed by atoms with van der Waals surface area (Å²) < 4.78 is 5.14. The lowest BCUT2D eigenvalue weighted by Gasteiger charge is -2.36. The van der Waals surface area contributed by atoms with Crippen LogP contribution in [-0.2, 0) is 9.53 Å². The maximum Gasteiger partial charge on any atom is 0.304 e. The van der Waals surface area contributed by atoms with E-state index in [4.69, 9.17) is 9.84 Å². The van der Waals surface area contributed by atoms with Crippen molar-refractivity contribution in [2.24, 2.45) is 0 Å². The maximum atomic E-state index is 10.6. The van der Waals surface area contributed by atoms with Crippen LogP contribution < -0.4 is 0 Å². The van der Waals surface area contributed by atoms with Crippen molar-refractivity contribution in [2.75, 3.05) is 26.3 Å². The van der Waals surface area contributed by atoms with E-state index in [0.29, 0.717) is 19.7 Å². The summed E-state index contributed by atoms with van der Waals surface area (Å²) in [5.41, 5.74) is -0.164. The fourth-order valence-electron chi connectivity index (χ4n) is 1.49. The summed E-state index contributed by atoms with van der Waals surface area (Å²) in [6.07, 6.45) is -0.499. The summed E-state index contributed by atoms with van der Waals surface area (Å²) in [4.78, 5) is 12.5. The molecule has 17 heavy (non-hydrogen) atoms. The van der Waals surface area contributed by atoms with E-state index in [1.807, 2.05) is 32.6 Å². The minimum absolute atomic E-state index is 0.0820. The van der Waals surface area contributed by atoms with E-state index in [-0.39, 0.29) is 18.6 Å². The second-order valence-electron chi connectivity index (χ2n) is 5.07. The summed E-state index contributed by atoms with van der Waals surface area (Å²) in [6, 6.07) is 0. The van der Waals surface area contributed by atoms with Crippen molar-refractivity contribution in [2.45, 2.75) is 45.8 Å². The summed E-state index contributed by atoms with van der Waals surface area (Å²) >= 11 is 0. The first-order chi connectivity index (χ1) is 7.77. The summed E-state index contributed by atoms with van der Waals surface area (Å²) in [5, 5.41) is 18.5. The highest BCUT2D eigenvalue weighted by Crippen LogP contribution is 2.14. The molecule has 0 saturated heterocycles. The van der Waals surface area contributed by atoms with Gasteiger partial charge >= 0.3 is 5.97 Å². The Bertz CT molecular complexity index is 225. The molecule has 0 aliphatic heterocycles. The molecule has 5 nitrogen and oxygen atoms in total. The lowest BCUT2D eigenvalue weighted by Crippen LogP contribution is -2.47. The number of β-amino-alcohol motifs (C(OH)–C–C–N with tert-alkyl or cyclic N) is 1. The minimum atomic E-state index is -0.821. The molecule has 2 N–H and O–H groups in total. The molecule has 0 bridgehead atoms. The molecule has 0 aliphatic rings. The van der Waals surface area contributed by atoms with Crippen LogP contribution in [0.1, 0.15) is 34.1 Å². The zero-order valence-corrected chi connectivity index (χ0v) is 11.3. The van der Waals surface area contributed by atoms with Crippen LogP contribution in [0.15, 0.2) is 0 Å². The van der Waals surface area contributed by atoms with Gasteiger partial charge in [0.25, 0.3) is 0 Å². The molecule has 1 atom stereocenters. The van der Waals surface area contributed by atoms with Crippen LogP contribution >= 0.6 is 0 Å². The number of carbonyl (C=O) groups is 1. The predicted octanol–water partition coefficient (Wildman–Crippen LogP) is 0.959. The monoisotopic (exact) mass is 247 g/mol. The third-order valence-corrected chi connectivity index (χ3v) is 2.49. The molecule has 0 radical (unpaired) electrons. The highest BCUT2D eigenvalue weighted by Gasteiger charge is 2.24. The molecule has 5 heteroatoms. The largest absolute Gasteiger partial charge is 0.481 e. The van der Waals surface area contributed by atoms with Crippen LogP contribution in [0.4, 0.5) is 0 Å². The molecule has 0 aromatic carbocycles. The smallest absolute Gasteiger partial charge is 0.304 e. The van der Waals surface area contributed by atoms with Crippen LogP contribution in [-0.4, -0.2) is 59.0 Å². The van der Waals surface area contributed by atoms with Crippen molar-refractivity contribution in [3.05, 3.63) is 0 Å². The molecule has 0 fully saturated rings. The molecule has 0 rings (SSSR count). The fraction of sp³-hybridized carbons (Fsp3) is 0.917. The average Bonchev–Trinajstić information content (AvgIpc) is 2.19. The highest BCUT2D eigenvalue weighted by molar-refractivity contribution is 5.66. The number of nitrogens with zero attached hydrogens (tertiary/aromatic N) is 1. The van der Waals surface area contributed by atoms with Crippen molar-refractivity contribution in [1.82, 2.24) is 4.90 Å². The third-order valence-electron chi connectivity index (χ3n) is 2.49. The number of hydrogen-bond donors (Lipinski definition) is 2. The number of rotatable bonds is 8. The number of aliphatic carboxylic acids is 1. The number of carboxylic acids is 1. The molecule has 1 unspecified atom stereocenters. The number of hydrogen-bond acceptors (Lipinski definition) is 4. The first-order valence-corrected chi connectivity index (χ1v) is 6.00. The second kappa shape index (κ2) is 7.63. The van der Waals surface area contributed by atoms with Gasteiger partial charge in [0.1, 0.15) is 0 Å². The number of carboxylic acid groups (broad SMARTS) is 1. The molecular weight excluding hydrogens is 222 g/mol. The lowest BCUT2D eigenvalue weighted by atomic mass is 10.0. The van der Waals surface area contributed by atoms with Crippen molar-refractivity contribution >= 4 is 5.97 Å². The zero-order valence-electron chi connectivity index (χ0n) is 11.3. The van der Waals surface area contributed by atoms with Gasteiger partial charge in [0.2, 0.25) is 0 Å². The number of ether oxygens (including phenoxy) is 1. The predicted molar refractivity (Wildman–Crippen MR) is 66.1 cm³/mol. The number of aliphatic hydroxyl groups excluding tert-OH is 1. The van der Waals surface area contributed by atoms with E-state index >= 15 is 0 Å². The van der Waals surface area contributed by atoms with Crippen molar-refractivity contribution in [3.8, 4) is 0 Å². The Balaban J connectivity index is 4.24. The van der Waals surface area contributed by atoms with E-state index in [1.165, 1.54) is 0 Å². The summed E-state index contributed by atoms with van der Waals surface area (Å²) in [7, 11) is 0. The summed E-state index contributed by atoms with van der Waals surface area (Å²) in [5.74, 6) is -0.821. The van der Waals surface area contributed by atoms with Gasteiger partial charge in [-0.25, -0.2) is 0 Å². The SMILES string of the molecule is CCOCC(O)CN(CCC(=O)O)C(C)(C)C. The van der Waals surface area contributed by atoms with E-state index in [1.54, 1.807) is 0 Å². The fourth-order valence-corrected chi connectivity index (χ4v) is 1.49. The Morgan fingerprint density at radius 1 is 1.41 bits per heavy atom. The second-order valence-corrected chi connectivity index (χ2v) is 5.07. The Labute approximate surface area is 103 Å². The Hall–Kier alpha value is -0.650. The molecule has 0 spiro atoms. The van der Waals surface area contributed by atoms with Crippen molar-refractivity contribution < 1.29 is 19.7 Å². The van der Waals surface area contributed by atoms with Gasteiger partial charge in [0.05, 0.1) is 19.1 Å². The first kappa shape index (κ1) is 16.4. The molecule has 0 heterocycles. The Morgan fingerprint density at radius 2 is 2.00 bits per heavy atom. The molecule has 0 saturated carbocycles. The van der Waals surface area contributed by atoms with Crippen LogP contribution in [0.2, 0.25) is 0 Å². The highest BCUT2D eigenvalue weighted by atomic mass is 16.5. The zero-order chi connectivity index (χ0) is 13.5. The Kier molecular flexibility index (Phi) is 7.34. The van der Waals surface area contributed by atoms with Gasteiger partial charge in [-0.15, -0.1) is 0 Å². The van der Waals surface area contributed by atoms with Crippen LogP contribution in [0.3, 0.4) is 0 Å². The van der Waals surface area contributed by atoms with Gasteiger partial charge in [-0.3, -0.25) is 9.69 Å². The summed E-state index contributed by atoms with van der Waals surface area (Å²) in [6.45, 7) is 9.60. The van der Waals surface area contributed by atoms with E-state index < -0.39 is 12.1 Å². The van der Waals surface area contributed by atoms with Gasteiger partial charge in [-0.2, -0.15) is 0 Å². The molecule has 0 amide bonds. The molecule has 0 aliphatic carbocycles. The van der Waals surface area contributed by atoms with Gasteiger partial charge in [-0.05, 0) is 27.7 Å². The van der Waals surface area contributed by atoms with Crippen LogP contribution in [0.25, 0.3) is 0 Å². The van der Waals surface area contributed by atoms with Crippen LogP contribution in [0.5, 0.6) is 0 Å². The normalized spacial score (nSPS) is 14.0. The quantitative estimate of drug-likeness (QED) is 0.668. The third kappa shape index (κ3) is 8.12.